The van der Waals surface area contributed by atoms with Gasteiger partial charge in [-0.3, -0.25) is 0 Å². The van der Waals surface area contributed by atoms with Gasteiger partial charge in [0.2, 0.25) is 5.89 Å². The molecule has 0 aliphatic carbocycles. The number of hydrogen-bond acceptors (Lipinski definition) is 4. The van der Waals surface area contributed by atoms with Gasteiger partial charge >= 0.3 is 0 Å². The van der Waals surface area contributed by atoms with Crippen molar-refractivity contribution < 1.29 is 8.83 Å². The van der Waals surface area contributed by atoms with Crippen molar-refractivity contribution in [1.29, 1.82) is 0 Å². The van der Waals surface area contributed by atoms with Crippen LogP contribution in [0, 0.1) is 0 Å². The van der Waals surface area contributed by atoms with E-state index in [4.69, 9.17) is 13.8 Å². The van der Waals surface area contributed by atoms with Crippen molar-refractivity contribution >= 4 is 71.9 Å². The second-order valence-corrected chi connectivity index (χ2v) is 13.6. The number of rotatable bonds is 6. The summed E-state index contributed by atoms with van der Waals surface area (Å²) in [5, 5.41) is 4.41. The number of furan rings is 1. The molecule has 5 heteroatoms. The Morgan fingerprint density at radius 3 is 1.91 bits per heavy atom. The van der Waals surface area contributed by atoms with E-state index in [1.165, 1.54) is 21.8 Å². The molecule has 11 aromatic rings. The Morgan fingerprint density at radius 1 is 0.444 bits per heavy atom. The van der Waals surface area contributed by atoms with Gasteiger partial charge in [0.05, 0.1) is 16.4 Å². The normalized spacial score (nSPS) is 11.7. The van der Waals surface area contributed by atoms with Crippen LogP contribution in [0.3, 0.4) is 0 Å². The standard InChI is InChI=1S/C49H31N3O2/c1-4-13-33(14-5-1)49-50-47-45(54-49)30-29-44-46(47)40-21-12-20-38(48(40)53-44)32-23-25-36(26-24-32)51(34-15-6-2-7-16-34)37-27-28-43-41(31-37)39-19-10-11-22-42(39)52(43)35-17-8-3-9-18-35/h1-31H. The number of anilines is 3. The van der Waals surface area contributed by atoms with E-state index in [0.29, 0.717) is 5.89 Å². The van der Waals surface area contributed by atoms with Crippen molar-refractivity contribution in [2.45, 2.75) is 0 Å². The van der Waals surface area contributed by atoms with Crippen LogP contribution >= 0.6 is 0 Å². The predicted molar refractivity (Wildman–Crippen MR) is 221 cm³/mol. The molecule has 0 saturated carbocycles. The molecular weight excluding hydrogens is 663 g/mol. The number of aromatic nitrogens is 2. The maximum Gasteiger partial charge on any atom is 0.227 e. The van der Waals surface area contributed by atoms with Gasteiger partial charge in [0.25, 0.3) is 0 Å². The Bertz CT molecular complexity index is 3140. The Morgan fingerprint density at radius 2 is 1.09 bits per heavy atom. The largest absolute Gasteiger partial charge is 0.455 e. The van der Waals surface area contributed by atoms with Gasteiger partial charge in [-0.15, -0.1) is 0 Å². The van der Waals surface area contributed by atoms with Crippen molar-refractivity contribution in [2.24, 2.45) is 0 Å². The third kappa shape index (κ3) is 4.76. The highest BCUT2D eigenvalue weighted by Gasteiger charge is 2.20. The smallest absolute Gasteiger partial charge is 0.227 e. The minimum absolute atomic E-state index is 0.600. The maximum atomic E-state index is 6.59. The van der Waals surface area contributed by atoms with Crippen molar-refractivity contribution in [3.8, 4) is 28.3 Å². The molecule has 3 heterocycles. The van der Waals surface area contributed by atoms with E-state index in [1.54, 1.807) is 0 Å². The molecule has 8 aromatic carbocycles. The molecule has 254 valence electrons. The molecule has 0 aliphatic heterocycles. The summed E-state index contributed by atoms with van der Waals surface area (Å²) < 4.78 is 15.2. The Balaban J connectivity index is 1.02. The van der Waals surface area contributed by atoms with E-state index in [0.717, 1.165) is 72.5 Å². The molecule has 0 fully saturated rings. The lowest BCUT2D eigenvalue weighted by atomic mass is 10.0. The topological polar surface area (TPSA) is 47.3 Å². The molecular formula is C49H31N3O2. The Kier molecular flexibility index (Phi) is 6.79. The summed E-state index contributed by atoms with van der Waals surface area (Å²) >= 11 is 0. The van der Waals surface area contributed by atoms with E-state index in [1.807, 2.05) is 42.5 Å². The molecule has 0 aliphatic rings. The van der Waals surface area contributed by atoms with Crippen LogP contribution in [0.15, 0.2) is 197 Å². The van der Waals surface area contributed by atoms with Crippen molar-refractivity contribution in [2.75, 3.05) is 4.90 Å². The highest BCUT2D eigenvalue weighted by atomic mass is 16.4. The second kappa shape index (κ2) is 12.1. The number of fused-ring (bicyclic) bond motifs is 8. The Labute approximate surface area is 310 Å². The molecule has 0 bridgehead atoms. The third-order valence-electron chi connectivity index (χ3n) is 10.4. The van der Waals surface area contributed by atoms with Crippen LogP contribution in [-0.2, 0) is 0 Å². The van der Waals surface area contributed by atoms with Gasteiger partial charge < -0.3 is 18.3 Å². The predicted octanol–water partition coefficient (Wildman–Crippen LogP) is 13.6. The monoisotopic (exact) mass is 693 g/mol. The summed E-state index contributed by atoms with van der Waals surface area (Å²) in [7, 11) is 0. The fourth-order valence-corrected chi connectivity index (χ4v) is 7.98. The lowest BCUT2D eigenvalue weighted by Gasteiger charge is -2.26. The van der Waals surface area contributed by atoms with E-state index in [-0.39, 0.29) is 0 Å². The summed E-state index contributed by atoms with van der Waals surface area (Å²) in [6.07, 6.45) is 0. The summed E-state index contributed by atoms with van der Waals surface area (Å²) in [5.74, 6) is 0.600. The summed E-state index contributed by atoms with van der Waals surface area (Å²) in [5.41, 5.74) is 12.9. The van der Waals surface area contributed by atoms with Crippen molar-refractivity contribution in [1.82, 2.24) is 9.55 Å². The summed E-state index contributed by atoms with van der Waals surface area (Å²) in [6.45, 7) is 0. The maximum absolute atomic E-state index is 6.59. The zero-order valence-corrected chi connectivity index (χ0v) is 29.1. The molecule has 54 heavy (non-hydrogen) atoms. The first-order chi connectivity index (χ1) is 26.8. The SMILES string of the molecule is c1ccc(-c2nc3c(ccc4oc5c(-c6ccc(N(c7ccccc7)c7ccc8c(c7)c7ccccc7n8-c7ccccc7)cc6)cccc5c43)o2)cc1. The van der Waals surface area contributed by atoms with E-state index in [2.05, 4.69) is 155 Å². The van der Waals surface area contributed by atoms with Crippen LogP contribution in [0.25, 0.3) is 83.1 Å². The van der Waals surface area contributed by atoms with Gasteiger partial charge in [0.15, 0.2) is 5.58 Å². The zero-order chi connectivity index (χ0) is 35.6. The number of oxazole rings is 1. The first-order valence-electron chi connectivity index (χ1n) is 18.1. The lowest BCUT2D eigenvalue weighted by Crippen LogP contribution is -2.09. The minimum Gasteiger partial charge on any atom is -0.455 e. The minimum atomic E-state index is 0.600. The van der Waals surface area contributed by atoms with Crippen LogP contribution in [0.2, 0.25) is 0 Å². The average molecular weight is 694 g/mol. The molecule has 3 aromatic heterocycles. The fraction of sp³-hybridized carbons (Fsp3) is 0. The number of benzene rings is 8. The number of hydrogen-bond donors (Lipinski definition) is 0. The fourth-order valence-electron chi connectivity index (χ4n) is 7.98. The highest BCUT2D eigenvalue weighted by molar-refractivity contribution is 6.19. The van der Waals surface area contributed by atoms with E-state index in [9.17, 15) is 0 Å². The Hall–Kier alpha value is -7.37. The molecule has 0 atom stereocenters. The van der Waals surface area contributed by atoms with Gasteiger partial charge in [-0.05, 0) is 90.5 Å². The first kappa shape index (κ1) is 30.3. The average Bonchev–Trinajstić information content (AvgIpc) is 3.94. The van der Waals surface area contributed by atoms with E-state index >= 15 is 0 Å². The summed E-state index contributed by atoms with van der Waals surface area (Å²) in [4.78, 5) is 7.27. The van der Waals surface area contributed by atoms with Crippen LogP contribution < -0.4 is 4.90 Å². The third-order valence-corrected chi connectivity index (χ3v) is 10.4. The molecule has 0 N–H and O–H groups in total. The molecule has 0 radical (unpaired) electrons. The van der Waals surface area contributed by atoms with Gasteiger partial charge in [-0.25, -0.2) is 4.98 Å². The molecule has 11 rings (SSSR count). The molecule has 0 saturated heterocycles. The van der Waals surface area contributed by atoms with Crippen LogP contribution in [0.4, 0.5) is 17.1 Å². The molecule has 0 unspecified atom stereocenters. The second-order valence-electron chi connectivity index (χ2n) is 13.6. The zero-order valence-electron chi connectivity index (χ0n) is 29.1. The molecule has 5 nitrogen and oxygen atoms in total. The number of nitrogens with zero attached hydrogens (tertiary/aromatic N) is 3. The van der Waals surface area contributed by atoms with Crippen LogP contribution in [-0.4, -0.2) is 9.55 Å². The van der Waals surface area contributed by atoms with Gasteiger partial charge in [-0.2, -0.15) is 0 Å². The van der Waals surface area contributed by atoms with Gasteiger partial charge in [-0.1, -0.05) is 103 Å². The van der Waals surface area contributed by atoms with Crippen LogP contribution in [0.1, 0.15) is 0 Å². The quantitative estimate of drug-likeness (QED) is 0.174. The summed E-state index contributed by atoms with van der Waals surface area (Å²) in [6, 6.07) is 65.6. The highest BCUT2D eigenvalue weighted by Crippen LogP contribution is 2.43. The van der Waals surface area contributed by atoms with E-state index < -0.39 is 0 Å². The number of para-hydroxylation sites is 4. The van der Waals surface area contributed by atoms with Crippen molar-refractivity contribution in [3.05, 3.63) is 188 Å². The van der Waals surface area contributed by atoms with Gasteiger partial charge in [0, 0.05) is 50.0 Å². The van der Waals surface area contributed by atoms with Crippen LogP contribution in [0.5, 0.6) is 0 Å². The lowest BCUT2D eigenvalue weighted by molar-refractivity contribution is 0.619. The first-order valence-corrected chi connectivity index (χ1v) is 18.1. The van der Waals surface area contributed by atoms with Crippen molar-refractivity contribution in [3.63, 3.8) is 0 Å². The van der Waals surface area contributed by atoms with Gasteiger partial charge in [0.1, 0.15) is 16.7 Å². The molecule has 0 spiro atoms. The molecule has 0 amide bonds.